The Morgan fingerprint density at radius 1 is 1.50 bits per heavy atom. The van der Waals surface area contributed by atoms with E-state index in [0.717, 1.165) is 24.6 Å². The van der Waals surface area contributed by atoms with E-state index in [2.05, 4.69) is 17.1 Å². The van der Waals surface area contributed by atoms with Crippen LogP contribution in [-0.4, -0.2) is 21.2 Å². The standard InChI is InChI=1S/C13H20N2O3/c1-2-9-4-3-5-10(8-9)13-14-11(18-15-13)6-7-12(16)17/h9-10H,2-8H2,1H3,(H,16,17). The van der Waals surface area contributed by atoms with Gasteiger partial charge in [0.25, 0.3) is 0 Å². The lowest BCUT2D eigenvalue weighted by molar-refractivity contribution is -0.137. The molecule has 0 aromatic carbocycles. The molecule has 0 spiro atoms. The molecule has 1 aromatic rings. The molecule has 1 N–H and O–H groups in total. The first-order valence-corrected chi connectivity index (χ1v) is 6.73. The van der Waals surface area contributed by atoms with Crippen LogP contribution in [0.3, 0.4) is 0 Å². The molecular formula is C13H20N2O3. The molecule has 18 heavy (non-hydrogen) atoms. The second-order valence-corrected chi connectivity index (χ2v) is 5.08. The van der Waals surface area contributed by atoms with Crippen molar-refractivity contribution in [1.29, 1.82) is 0 Å². The summed E-state index contributed by atoms with van der Waals surface area (Å²) in [5, 5.41) is 12.6. The lowest BCUT2D eigenvalue weighted by Crippen LogP contribution is -2.14. The number of aromatic nitrogens is 2. The Labute approximate surface area is 107 Å². The normalized spacial score (nSPS) is 24.1. The largest absolute Gasteiger partial charge is 0.481 e. The zero-order chi connectivity index (χ0) is 13.0. The fourth-order valence-electron chi connectivity index (χ4n) is 2.65. The molecule has 2 unspecified atom stereocenters. The van der Waals surface area contributed by atoms with Gasteiger partial charge in [-0.05, 0) is 18.8 Å². The summed E-state index contributed by atoms with van der Waals surface area (Å²) in [4.78, 5) is 14.8. The Morgan fingerprint density at radius 3 is 3.06 bits per heavy atom. The molecule has 0 bridgehead atoms. The van der Waals surface area contributed by atoms with Crippen LogP contribution in [0.25, 0.3) is 0 Å². The van der Waals surface area contributed by atoms with Gasteiger partial charge in [-0.3, -0.25) is 4.79 Å². The Morgan fingerprint density at radius 2 is 2.33 bits per heavy atom. The minimum absolute atomic E-state index is 0.0455. The summed E-state index contributed by atoms with van der Waals surface area (Å²) in [5.74, 6) is 1.55. The van der Waals surface area contributed by atoms with Crippen LogP contribution in [0.4, 0.5) is 0 Å². The summed E-state index contributed by atoms with van der Waals surface area (Å²) < 4.78 is 5.11. The van der Waals surface area contributed by atoms with Crippen LogP contribution in [0.1, 0.15) is 63.1 Å². The Bertz CT molecular complexity index is 403. The van der Waals surface area contributed by atoms with Gasteiger partial charge < -0.3 is 9.63 Å². The number of rotatable bonds is 5. The van der Waals surface area contributed by atoms with Crippen LogP contribution < -0.4 is 0 Å². The van der Waals surface area contributed by atoms with E-state index < -0.39 is 5.97 Å². The molecule has 0 saturated heterocycles. The lowest BCUT2D eigenvalue weighted by atomic mass is 9.80. The number of carboxylic acid groups (broad SMARTS) is 1. The predicted octanol–water partition coefficient (Wildman–Crippen LogP) is 2.77. The highest BCUT2D eigenvalue weighted by Gasteiger charge is 2.25. The van der Waals surface area contributed by atoms with Crippen molar-refractivity contribution in [3.8, 4) is 0 Å². The zero-order valence-electron chi connectivity index (χ0n) is 10.8. The van der Waals surface area contributed by atoms with Crippen molar-refractivity contribution in [2.45, 2.75) is 57.8 Å². The molecule has 2 rings (SSSR count). The predicted molar refractivity (Wildman–Crippen MR) is 65.2 cm³/mol. The molecule has 1 heterocycles. The quantitative estimate of drug-likeness (QED) is 0.872. The van der Waals surface area contributed by atoms with Gasteiger partial charge >= 0.3 is 5.97 Å². The third kappa shape index (κ3) is 3.31. The van der Waals surface area contributed by atoms with Gasteiger partial charge in [0.05, 0.1) is 6.42 Å². The lowest BCUT2D eigenvalue weighted by Gasteiger charge is -2.26. The highest BCUT2D eigenvalue weighted by atomic mass is 16.5. The minimum Gasteiger partial charge on any atom is -0.481 e. The maximum absolute atomic E-state index is 10.5. The topological polar surface area (TPSA) is 76.2 Å². The van der Waals surface area contributed by atoms with Crippen molar-refractivity contribution in [2.24, 2.45) is 5.92 Å². The molecule has 1 aliphatic rings. The first-order valence-electron chi connectivity index (χ1n) is 6.73. The van der Waals surface area contributed by atoms with E-state index in [-0.39, 0.29) is 6.42 Å². The molecule has 1 aromatic heterocycles. The van der Waals surface area contributed by atoms with Crippen molar-refractivity contribution < 1.29 is 14.4 Å². The summed E-state index contributed by atoms with van der Waals surface area (Å²) >= 11 is 0. The van der Waals surface area contributed by atoms with E-state index >= 15 is 0 Å². The molecule has 100 valence electrons. The summed E-state index contributed by atoms with van der Waals surface area (Å²) in [6.07, 6.45) is 6.36. The molecule has 0 amide bonds. The van der Waals surface area contributed by atoms with Gasteiger partial charge in [-0.25, -0.2) is 0 Å². The number of carboxylic acids is 1. The summed E-state index contributed by atoms with van der Waals surface area (Å²) in [5.41, 5.74) is 0. The average molecular weight is 252 g/mol. The fourth-order valence-corrected chi connectivity index (χ4v) is 2.65. The van der Waals surface area contributed by atoms with Gasteiger partial charge in [0.15, 0.2) is 5.82 Å². The van der Waals surface area contributed by atoms with Crippen molar-refractivity contribution in [2.75, 3.05) is 0 Å². The fraction of sp³-hybridized carbons (Fsp3) is 0.769. The number of carbonyl (C=O) groups is 1. The molecular weight excluding hydrogens is 232 g/mol. The molecule has 2 atom stereocenters. The number of hydrogen-bond donors (Lipinski definition) is 1. The van der Waals surface area contributed by atoms with Gasteiger partial charge in [-0.15, -0.1) is 0 Å². The van der Waals surface area contributed by atoms with Crippen molar-refractivity contribution >= 4 is 5.97 Å². The number of hydrogen-bond acceptors (Lipinski definition) is 4. The van der Waals surface area contributed by atoms with E-state index in [4.69, 9.17) is 9.63 Å². The van der Waals surface area contributed by atoms with E-state index in [1.165, 1.54) is 19.3 Å². The third-order valence-corrected chi connectivity index (χ3v) is 3.76. The van der Waals surface area contributed by atoms with Gasteiger partial charge in [-0.2, -0.15) is 4.98 Å². The van der Waals surface area contributed by atoms with Gasteiger partial charge in [0.1, 0.15) is 0 Å². The Balaban J connectivity index is 1.94. The molecule has 5 nitrogen and oxygen atoms in total. The van der Waals surface area contributed by atoms with E-state index in [1.807, 2.05) is 0 Å². The molecule has 1 aliphatic carbocycles. The zero-order valence-corrected chi connectivity index (χ0v) is 10.8. The van der Waals surface area contributed by atoms with Crippen LogP contribution in [-0.2, 0) is 11.2 Å². The monoisotopic (exact) mass is 252 g/mol. The van der Waals surface area contributed by atoms with Crippen LogP contribution in [0.2, 0.25) is 0 Å². The van der Waals surface area contributed by atoms with E-state index in [9.17, 15) is 4.79 Å². The summed E-state index contributed by atoms with van der Waals surface area (Å²) in [7, 11) is 0. The first kappa shape index (κ1) is 13.1. The summed E-state index contributed by atoms with van der Waals surface area (Å²) in [6.45, 7) is 2.22. The van der Waals surface area contributed by atoms with E-state index in [0.29, 0.717) is 18.2 Å². The van der Waals surface area contributed by atoms with Gasteiger partial charge in [0, 0.05) is 12.3 Å². The maximum Gasteiger partial charge on any atom is 0.303 e. The van der Waals surface area contributed by atoms with Crippen LogP contribution in [0.5, 0.6) is 0 Å². The number of nitrogens with zero attached hydrogens (tertiary/aromatic N) is 2. The SMILES string of the molecule is CCC1CCCC(c2noc(CCC(=O)O)n2)C1. The molecule has 5 heteroatoms. The van der Waals surface area contributed by atoms with Crippen molar-refractivity contribution in [3.63, 3.8) is 0 Å². The molecule has 1 fully saturated rings. The maximum atomic E-state index is 10.5. The van der Waals surface area contributed by atoms with Crippen molar-refractivity contribution in [1.82, 2.24) is 10.1 Å². The summed E-state index contributed by atoms with van der Waals surface area (Å²) in [6, 6.07) is 0. The van der Waals surface area contributed by atoms with Crippen molar-refractivity contribution in [3.05, 3.63) is 11.7 Å². The molecule has 0 radical (unpaired) electrons. The van der Waals surface area contributed by atoms with Gasteiger partial charge in [-0.1, -0.05) is 31.3 Å². The van der Waals surface area contributed by atoms with Crippen LogP contribution >= 0.6 is 0 Å². The van der Waals surface area contributed by atoms with Crippen LogP contribution in [0.15, 0.2) is 4.52 Å². The third-order valence-electron chi connectivity index (χ3n) is 3.76. The average Bonchev–Trinajstić information content (AvgIpc) is 2.85. The molecule has 1 saturated carbocycles. The highest BCUT2D eigenvalue weighted by Crippen LogP contribution is 2.36. The first-order chi connectivity index (χ1) is 8.69. The minimum atomic E-state index is -0.835. The second kappa shape index (κ2) is 5.98. The smallest absolute Gasteiger partial charge is 0.303 e. The number of aliphatic carboxylic acids is 1. The molecule has 0 aliphatic heterocycles. The van der Waals surface area contributed by atoms with Gasteiger partial charge in [0.2, 0.25) is 5.89 Å². The number of aryl methyl sites for hydroxylation is 1. The van der Waals surface area contributed by atoms with Crippen LogP contribution in [0, 0.1) is 5.92 Å². The Kier molecular flexibility index (Phi) is 4.33. The highest BCUT2D eigenvalue weighted by molar-refractivity contribution is 5.66. The second-order valence-electron chi connectivity index (χ2n) is 5.08. The Hall–Kier alpha value is -1.39. The van der Waals surface area contributed by atoms with E-state index in [1.54, 1.807) is 0 Å².